The third-order valence-electron chi connectivity index (χ3n) is 3.11. The van der Waals surface area contributed by atoms with Gasteiger partial charge in [-0.05, 0) is 24.5 Å². The predicted octanol–water partition coefficient (Wildman–Crippen LogP) is 1.83. The Morgan fingerprint density at radius 3 is 2.79 bits per heavy atom. The van der Waals surface area contributed by atoms with Gasteiger partial charge in [-0.1, -0.05) is 13.0 Å². The highest BCUT2D eigenvalue weighted by Crippen LogP contribution is 2.38. The molecular formula is C14H17NO4. The molecule has 0 aliphatic heterocycles. The van der Waals surface area contributed by atoms with Crippen LogP contribution in [0.15, 0.2) is 24.3 Å². The summed E-state index contributed by atoms with van der Waals surface area (Å²) in [6.07, 6.45) is 0.857. The van der Waals surface area contributed by atoms with Crippen molar-refractivity contribution in [3.05, 3.63) is 24.3 Å². The van der Waals surface area contributed by atoms with E-state index in [0.29, 0.717) is 17.4 Å². The molecule has 1 amide bonds. The predicted molar refractivity (Wildman–Crippen MR) is 69.9 cm³/mol. The second-order valence-electron chi connectivity index (χ2n) is 4.71. The van der Waals surface area contributed by atoms with Crippen molar-refractivity contribution in [1.29, 1.82) is 0 Å². The van der Waals surface area contributed by atoms with Crippen molar-refractivity contribution in [2.75, 3.05) is 19.0 Å². The van der Waals surface area contributed by atoms with Gasteiger partial charge in [0.05, 0.1) is 13.0 Å². The zero-order chi connectivity index (χ0) is 13.8. The maximum absolute atomic E-state index is 11.6. The molecule has 1 N–H and O–H groups in total. The summed E-state index contributed by atoms with van der Waals surface area (Å²) in [5.41, 5.74) is 0.611. The molecular weight excluding hydrogens is 246 g/mol. The van der Waals surface area contributed by atoms with Crippen molar-refractivity contribution in [2.45, 2.75) is 13.3 Å². The van der Waals surface area contributed by atoms with Gasteiger partial charge in [-0.15, -0.1) is 0 Å². The van der Waals surface area contributed by atoms with E-state index in [9.17, 15) is 9.59 Å². The zero-order valence-corrected chi connectivity index (χ0v) is 11.0. The van der Waals surface area contributed by atoms with Crippen molar-refractivity contribution in [1.82, 2.24) is 0 Å². The first-order chi connectivity index (χ1) is 9.10. The monoisotopic (exact) mass is 263 g/mol. The largest absolute Gasteiger partial charge is 0.497 e. The molecule has 1 aliphatic carbocycles. The molecule has 0 unspecified atom stereocenters. The van der Waals surface area contributed by atoms with E-state index in [1.807, 2.05) is 6.92 Å². The van der Waals surface area contributed by atoms with Gasteiger partial charge in [-0.3, -0.25) is 9.59 Å². The summed E-state index contributed by atoms with van der Waals surface area (Å²) in [5, 5.41) is 2.65. The Labute approximate surface area is 111 Å². The molecule has 102 valence electrons. The van der Waals surface area contributed by atoms with Gasteiger partial charge in [0.25, 0.3) is 5.91 Å². The van der Waals surface area contributed by atoms with Crippen molar-refractivity contribution < 1.29 is 19.1 Å². The van der Waals surface area contributed by atoms with Crippen molar-refractivity contribution in [3.8, 4) is 5.75 Å². The van der Waals surface area contributed by atoms with Gasteiger partial charge in [0.1, 0.15) is 5.75 Å². The van der Waals surface area contributed by atoms with Crippen LogP contribution in [-0.4, -0.2) is 25.6 Å². The molecule has 1 aromatic rings. The van der Waals surface area contributed by atoms with Crippen LogP contribution in [0.1, 0.15) is 13.3 Å². The summed E-state index contributed by atoms with van der Waals surface area (Å²) >= 11 is 0. The van der Waals surface area contributed by atoms with Gasteiger partial charge in [0.2, 0.25) is 0 Å². The van der Waals surface area contributed by atoms with Crippen LogP contribution in [-0.2, 0) is 14.3 Å². The van der Waals surface area contributed by atoms with Gasteiger partial charge in [0.15, 0.2) is 6.61 Å². The molecule has 2 atom stereocenters. The first kappa shape index (κ1) is 13.4. The molecule has 0 bridgehead atoms. The number of amides is 1. The molecule has 5 nitrogen and oxygen atoms in total. The first-order valence-corrected chi connectivity index (χ1v) is 6.20. The highest BCUT2D eigenvalue weighted by atomic mass is 16.5. The fourth-order valence-corrected chi connectivity index (χ4v) is 1.79. The number of carbonyl (C=O) groups excluding carboxylic acids is 2. The van der Waals surface area contributed by atoms with Crippen LogP contribution < -0.4 is 10.1 Å². The fourth-order valence-electron chi connectivity index (χ4n) is 1.79. The standard InChI is InChI=1S/C14H17NO4/c1-9-6-12(9)14(17)19-8-13(16)15-10-4-3-5-11(7-10)18-2/h3-5,7,9,12H,6,8H2,1-2H3,(H,15,16)/t9-,12-/m1/s1. The van der Waals surface area contributed by atoms with Crippen LogP contribution in [0.5, 0.6) is 5.75 Å². The van der Waals surface area contributed by atoms with Crippen molar-refractivity contribution >= 4 is 17.6 Å². The van der Waals surface area contributed by atoms with Gasteiger partial charge in [0, 0.05) is 11.8 Å². The lowest BCUT2D eigenvalue weighted by molar-refractivity contribution is -0.148. The number of hydrogen-bond acceptors (Lipinski definition) is 4. The van der Waals surface area contributed by atoms with E-state index in [1.165, 1.54) is 0 Å². The van der Waals surface area contributed by atoms with Gasteiger partial charge in [-0.2, -0.15) is 0 Å². The van der Waals surface area contributed by atoms with E-state index in [0.717, 1.165) is 6.42 Å². The number of methoxy groups -OCH3 is 1. The fraction of sp³-hybridized carbons (Fsp3) is 0.429. The third-order valence-corrected chi connectivity index (χ3v) is 3.11. The molecule has 0 heterocycles. The number of rotatable bonds is 5. The molecule has 0 aromatic heterocycles. The molecule has 1 aliphatic rings. The van der Waals surface area contributed by atoms with E-state index in [4.69, 9.17) is 9.47 Å². The van der Waals surface area contributed by atoms with E-state index in [2.05, 4.69) is 5.32 Å². The Hall–Kier alpha value is -2.04. The average Bonchev–Trinajstić information content (AvgIpc) is 3.13. The summed E-state index contributed by atoms with van der Waals surface area (Å²) in [5.74, 6) is 0.378. The van der Waals surface area contributed by atoms with Crippen LogP contribution in [0, 0.1) is 11.8 Å². The normalized spacial score (nSPS) is 20.5. The maximum atomic E-state index is 11.6. The van der Waals surface area contributed by atoms with E-state index < -0.39 is 0 Å². The summed E-state index contributed by atoms with van der Waals surface area (Å²) in [7, 11) is 1.56. The topological polar surface area (TPSA) is 64.6 Å². The quantitative estimate of drug-likeness (QED) is 0.823. The van der Waals surface area contributed by atoms with E-state index in [1.54, 1.807) is 31.4 Å². The molecule has 1 saturated carbocycles. The van der Waals surface area contributed by atoms with Gasteiger partial charge < -0.3 is 14.8 Å². The lowest BCUT2D eigenvalue weighted by Gasteiger charge is -2.07. The Morgan fingerprint density at radius 2 is 2.16 bits per heavy atom. The number of nitrogens with one attached hydrogen (secondary N) is 1. The summed E-state index contributed by atoms with van der Waals surface area (Å²) in [6.45, 7) is 1.74. The van der Waals surface area contributed by atoms with Crippen molar-refractivity contribution in [3.63, 3.8) is 0 Å². The van der Waals surface area contributed by atoms with E-state index >= 15 is 0 Å². The molecule has 0 spiro atoms. The van der Waals surface area contributed by atoms with Crippen LogP contribution >= 0.6 is 0 Å². The summed E-state index contributed by atoms with van der Waals surface area (Å²) in [6, 6.07) is 6.99. The molecule has 2 rings (SSSR count). The zero-order valence-electron chi connectivity index (χ0n) is 11.0. The molecule has 0 radical (unpaired) electrons. The minimum absolute atomic E-state index is 0.0235. The summed E-state index contributed by atoms with van der Waals surface area (Å²) in [4.78, 5) is 23.1. The lowest BCUT2D eigenvalue weighted by atomic mass is 10.3. The number of anilines is 1. The Bertz CT molecular complexity index is 486. The summed E-state index contributed by atoms with van der Waals surface area (Å²) < 4.78 is 9.99. The van der Waals surface area contributed by atoms with Gasteiger partial charge in [-0.25, -0.2) is 0 Å². The third kappa shape index (κ3) is 3.71. The Kier molecular flexibility index (Phi) is 4.04. The minimum Gasteiger partial charge on any atom is -0.497 e. The highest BCUT2D eigenvalue weighted by Gasteiger charge is 2.40. The first-order valence-electron chi connectivity index (χ1n) is 6.20. The highest BCUT2D eigenvalue weighted by molar-refractivity contribution is 5.93. The SMILES string of the molecule is COc1cccc(NC(=O)COC(=O)[C@@H]2C[C@H]2C)c1. The average molecular weight is 263 g/mol. The Morgan fingerprint density at radius 1 is 1.42 bits per heavy atom. The molecule has 5 heteroatoms. The maximum Gasteiger partial charge on any atom is 0.309 e. The van der Waals surface area contributed by atoms with Crippen molar-refractivity contribution in [2.24, 2.45) is 11.8 Å². The molecule has 1 fully saturated rings. The van der Waals surface area contributed by atoms with Gasteiger partial charge >= 0.3 is 5.97 Å². The number of benzene rings is 1. The van der Waals surface area contributed by atoms with Crippen LogP contribution in [0.4, 0.5) is 5.69 Å². The number of esters is 1. The minimum atomic E-state index is -0.352. The number of ether oxygens (including phenoxy) is 2. The Balaban J connectivity index is 1.78. The second-order valence-corrected chi connectivity index (χ2v) is 4.71. The van der Waals surface area contributed by atoms with Crippen LogP contribution in [0.3, 0.4) is 0 Å². The molecule has 0 saturated heterocycles. The van der Waals surface area contributed by atoms with Crippen LogP contribution in [0.2, 0.25) is 0 Å². The second kappa shape index (κ2) is 5.73. The number of carbonyl (C=O) groups is 2. The number of hydrogen-bond donors (Lipinski definition) is 1. The smallest absolute Gasteiger partial charge is 0.309 e. The lowest BCUT2D eigenvalue weighted by Crippen LogP contribution is -2.21. The molecule has 19 heavy (non-hydrogen) atoms. The van der Waals surface area contributed by atoms with E-state index in [-0.39, 0.29) is 24.4 Å². The van der Waals surface area contributed by atoms with Crippen LogP contribution in [0.25, 0.3) is 0 Å². The molecule has 1 aromatic carbocycles.